The van der Waals surface area contributed by atoms with Gasteiger partial charge >= 0.3 is 0 Å². The lowest BCUT2D eigenvalue weighted by Gasteiger charge is -2.37. The summed E-state index contributed by atoms with van der Waals surface area (Å²) in [5, 5.41) is 3.02. The van der Waals surface area contributed by atoms with Crippen molar-refractivity contribution < 1.29 is 13.2 Å². The zero-order valence-corrected chi connectivity index (χ0v) is 15.7. The van der Waals surface area contributed by atoms with E-state index in [9.17, 15) is 13.2 Å². The lowest BCUT2D eigenvalue weighted by molar-refractivity contribution is 0.0858. The molecule has 0 saturated heterocycles. The van der Waals surface area contributed by atoms with Gasteiger partial charge in [-0.25, -0.2) is 17.7 Å². The highest BCUT2D eigenvalue weighted by Gasteiger charge is 2.32. The van der Waals surface area contributed by atoms with Crippen molar-refractivity contribution in [3.05, 3.63) is 23.9 Å². The van der Waals surface area contributed by atoms with Crippen LogP contribution in [-0.2, 0) is 10.0 Å². The van der Waals surface area contributed by atoms with Gasteiger partial charge in [-0.1, -0.05) is 19.3 Å². The molecular weight excluding hydrogens is 326 g/mol. The number of nitrogens with one attached hydrogen (secondary N) is 1. The highest BCUT2D eigenvalue weighted by molar-refractivity contribution is 7.89. The number of rotatable bonds is 5. The molecule has 0 spiro atoms. The van der Waals surface area contributed by atoms with Crippen molar-refractivity contribution in [3.8, 4) is 0 Å². The molecule has 0 atom stereocenters. The second kappa shape index (κ2) is 7.19. The third-order valence-electron chi connectivity index (χ3n) is 4.81. The molecule has 0 radical (unpaired) electrons. The Labute approximate surface area is 144 Å². The minimum atomic E-state index is -3.58. The Hall–Kier alpha value is -1.47. The average Bonchev–Trinajstić information content (AvgIpc) is 2.55. The van der Waals surface area contributed by atoms with Crippen molar-refractivity contribution in [2.75, 3.05) is 14.1 Å². The van der Waals surface area contributed by atoms with Gasteiger partial charge in [-0.2, -0.15) is 0 Å². The Morgan fingerprint density at radius 3 is 2.33 bits per heavy atom. The molecule has 1 N–H and O–H groups in total. The minimum Gasteiger partial charge on any atom is -0.347 e. The van der Waals surface area contributed by atoms with Crippen LogP contribution < -0.4 is 5.32 Å². The number of sulfonamides is 1. The van der Waals surface area contributed by atoms with E-state index in [0.717, 1.165) is 17.1 Å². The molecule has 1 aromatic heterocycles. The molecule has 1 saturated carbocycles. The third-order valence-corrected chi connectivity index (χ3v) is 6.54. The van der Waals surface area contributed by atoms with Crippen molar-refractivity contribution >= 4 is 15.9 Å². The number of carbonyl (C=O) groups is 1. The van der Waals surface area contributed by atoms with Gasteiger partial charge in [0.05, 0.1) is 5.56 Å². The van der Waals surface area contributed by atoms with Crippen LogP contribution in [0.4, 0.5) is 0 Å². The first-order valence-electron chi connectivity index (χ1n) is 8.35. The van der Waals surface area contributed by atoms with Crippen molar-refractivity contribution in [2.24, 2.45) is 5.92 Å². The maximum Gasteiger partial charge on any atom is 0.260 e. The van der Waals surface area contributed by atoms with Gasteiger partial charge in [0.15, 0.2) is 5.03 Å². The lowest BCUT2D eigenvalue weighted by atomic mass is 9.76. The van der Waals surface area contributed by atoms with Crippen molar-refractivity contribution in [3.63, 3.8) is 0 Å². The molecule has 1 aliphatic carbocycles. The first kappa shape index (κ1) is 18.9. The predicted molar refractivity (Wildman–Crippen MR) is 93.2 cm³/mol. The summed E-state index contributed by atoms with van der Waals surface area (Å²) in [5.41, 5.74) is 0.0860. The van der Waals surface area contributed by atoms with Gasteiger partial charge in [0.2, 0.25) is 0 Å². The summed E-state index contributed by atoms with van der Waals surface area (Å²) in [4.78, 5) is 16.4. The first-order chi connectivity index (χ1) is 11.1. The molecule has 1 aliphatic rings. The monoisotopic (exact) mass is 353 g/mol. The van der Waals surface area contributed by atoms with E-state index in [1.54, 1.807) is 0 Å². The van der Waals surface area contributed by atoms with E-state index in [1.165, 1.54) is 51.7 Å². The van der Waals surface area contributed by atoms with Gasteiger partial charge in [-0.05, 0) is 44.7 Å². The Morgan fingerprint density at radius 2 is 1.83 bits per heavy atom. The molecule has 1 fully saturated rings. The third kappa shape index (κ3) is 4.13. The molecule has 0 unspecified atom stereocenters. The zero-order chi connectivity index (χ0) is 18.0. The summed E-state index contributed by atoms with van der Waals surface area (Å²) >= 11 is 0. The summed E-state index contributed by atoms with van der Waals surface area (Å²) < 4.78 is 25.1. The lowest BCUT2D eigenvalue weighted by Crippen LogP contribution is -2.49. The maximum absolute atomic E-state index is 12.5. The Balaban J connectivity index is 2.10. The molecule has 2 rings (SSSR count). The Kier molecular flexibility index (Phi) is 5.65. The van der Waals surface area contributed by atoms with E-state index >= 15 is 0 Å². The highest BCUT2D eigenvalue weighted by Crippen LogP contribution is 2.32. The SMILES string of the molecule is CN(C)S(=O)(=O)c1ccc(C(=O)NC(C)(C)C2CCCCC2)cn1. The van der Waals surface area contributed by atoms with E-state index in [1.807, 2.05) is 0 Å². The van der Waals surface area contributed by atoms with Crippen LogP contribution in [0.25, 0.3) is 0 Å². The van der Waals surface area contributed by atoms with Crippen LogP contribution in [-0.4, -0.2) is 43.2 Å². The standard InChI is InChI=1S/C17H27N3O3S/c1-17(2,14-8-6-5-7-9-14)19-16(21)13-10-11-15(18-12-13)24(22,23)20(3)4/h10-12,14H,5-9H2,1-4H3,(H,19,21). The van der Waals surface area contributed by atoms with Gasteiger partial charge in [-0.3, -0.25) is 4.79 Å². The summed E-state index contributed by atoms with van der Waals surface area (Å²) in [6, 6.07) is 2.88. The molecule has 0 aromatic carbocycles. The topological polar surface area (TPSA) is 79.4 Å². The molecule has 1 aromatic rings. The smallest absolute Gasteiger partial charge is 0.260 e. The molecule has 1 amide bonds. The molecule has 6 nitrogen and oxygen atoms in total. The molecule has 1 heterocycles. The van der Waals surface area contributed by atoms with Gasteiger partial charge in [0.1, 0.15) is 0 Å². The van der Waals surface area contributed by atoms with Crippen LogP contribution in [0.5, 0.6) is 0 Å². The van der Waals surface area contributed by atoms with Crippen LogP contribution in [0.1, 0.15) is 56.3 Å². The number of pyridine rings is 1. The van der Waals surface area contributed by atoms with Crippen molar-refractivity contribution in [2.45, 2.75) is 56.5 Å². The minimum absolute atomic E-state index is 0.0596. The van der Waals surface area contributed by atoms with Crippen LogP contribution in [0.3, 0.4) is 0 Å². The predicted octanol–water partition coefficient (Wildman–Crippen LogP) is 2.42. The summed E-state index contributed by atoms with van der Waals surface area (Å²) in [6.45, 7) is 4.11. The number of amides is 1. The van der Waals surface area contributed by atoms with Crippen LogP contribution in [0.15, 0.2) is 23.4 Å². The molecule has 134 valence electrons. The van der Waals surface area contributed by atoms with E-state index in [2.05, 4.69) is 24.1 Å². The summed E-state index contributed by atoms with van der Waals surface area (Å²) in [7, 11) is -0.684. The van der Waals surface area contributed by atoms with E-state index in [4.69, 9.17) is 0 Å². The fourth-order valence-corrected chi connectivity index (χ4v) is 3.95. The number of aromatic nitrogens is 1. The van der Waals surface area contributed by atoms with Gasteiger partial charge in [0.25, 0.3) is 15.9 Å². The van der Waals surface area contributed by atoms with Gasteiger partial charge in [0, 0.05) is 25.8 Å². The largest absolute Gasteiger partial charge is 0.347 e. The van der Waals surface area contributed by atoms with Crippen molar-refractivity contribution in [1.29, 1.82) is 0 Å². The van der Waals surface area contributed by atoms with Crippen LogP contribution in [0, 0.1) is 5.92 Å². The summed E-state index contributed by atoms with van der Waals surface area (Å²) in [5.74, 6) is 0.253. The second-order valence-electron chi connectivity index (χ2n) is 7.18. The molecule has 0 bridgehead atoms. The number of carbonyl (C=O) groups excluding carboxylic acids is 1. The Bertz CT molecular complexity index is 676. The number of nitrogens with zero attached hydrogens (tertiary/aromatic N) is 2. The van der Waals surface area contributed by atoms with Crippen molar-refractivity contribution in [1.82, 2.24) is 14.6 Å². The molecule has 7 heteroatoms. The van der Waals surface area contributed by atoms with Gasteiger partial charge < -0.3 is 5.32 Å². The van der Waals surface area contributed by atoms with Crippen LogP contribution in [0.2, 0.25) is 0 Å². The highest BCUT2D eigenvalue weighted by atomic mass is 32.2. The zero-order valence-electron chi connectivity index (χ0n) is 14.9. The second-order valence-corrected chi connectivity index (χ2v) is 9.28. The first-order valence-corrected chi connectivity index (χ1v) is 9.79. The van der Waals surface area contributed by atoms with E-state index in [-0.39, 0.29) is 16.5 Å². The normalized spacial score (nSPS) is 17.0. The average molecular weight is 353 g/mol. The fraction of sp³-hybridized carbons (Fsp3) is 0.647. The molecule has 24 heavy (non-hydrogen) atoms. The number of hydrogen-bond donors (Lipinski definition) is 1. The number of hydrogen-bond acceptors (Lipinski definition) is 4. The molecular formula is C17H27N3O3S. The van der Waals surface area contributed by atoms with E-state index < -0.39 is 10.0 Å². The Morgan fingerprint density at radius 1 is 1.21 bits per heavy atom. The van der Waals surface area contributed by atoms with Crippen LogP contribution >= 0.6 is 0 Å². The van der Waals surface area contributed by atoms with Gasteiger partial charge in [-0.15, -0.1) is 0 Å². The summed E-state index contributed by atoms with van der Waals surface area (Å²) in [6.07, 6.45) is 7.28. The molecule has 0 aliphatic heterocycles. The maximum atomic E-state index is 12.5. The van der Waals surface area contributed by atoms with E-state index in [0.29, 0.717) is 11.5 Å². The quantitative estimate of drug-likeness (QED) is 0.882. The fourth-order valence-electron chi connectivity index (χ4n) is 3.15.